The van der Waals surface area contributed by atoms with Crippen LogP contribution in [0.3, 0.4) is 0 Å². The molecule has 0 aliphatic carbocycles. The molecule has 0 saturated carbocycles. The van der Waals surface area contributed by atoms with Crippen LogP contribution in [0.2, 0.25) is 0 Å². The molecule has 0 amide bonds. The van der Waals surface area contributed by atoms with E-state index in [2.05, 4.69) is 10.3 Å². The lowest BCUT2D eigenvalue weighted by atomic mass is 10.1. The third kappa shape index (κ3) is 2.76. The summed E-state index contributed by atoms with van der Waals surface area (Å²) in [5.41, 5.74) is -0.445. The maximum Gasteiger partial charge on any atom is 0.358 e. The zero-order valence-electron chi connectivity index (χ0n) is 9.06. The summed E-state index contributed by atoms with van der Waals surface area (Å²) < 4.78 is 1.43. The van der Waals surface area contributed by atoms with Crippen molar-refractivity contribution in [2.75, 3.05) is 0 Å². The third-order valence-electron chi connectivity index (χ3n) is 1.91. The van der Waals surface area contributed by atoms with Crippen molar-refractivity contribution in [2.45, 2.75) is 39.3 Å². The Morgan fingerprint density at radius 2 is 2.13 bits per heavy atom. The second-order valence-corrected chi connectivity index (χ2v) is 4.01. The van der Waals surface area contributed by atoms with E-state index in [1.165, 1.54) is 4.68 Å². The molecular weight excluding hydrogens is 198 g/mol. The lowest BCUT2D eigenvalue weighted by molar-refractivity contribution is 0.0559. The average molecular weight is 213 g/mol. The molecule has 0 aliphatic heterocycles. The SMILES string of the molecule is CCc1c(C(=O)O)nnn1CC(C)(C)O. The van der Waals surface area contributed by atoms with Gasteiger partial charge in [0, 0.05) is 0 Å². The first-order valence-corrected chi connectivity index (χ1v) is 4.73. The first kappa shape index (κ1) is 11.6. The van der Waals surface area contributed by atoms with Gasteiger partial charge in [-0.25, -0.2) is 9.48 Å². The number of aromatic carboxylic acids is 1. The minimum absolute atomic E-state index is 0.0400. The van der Waals surface area contributed by atoms with Crippen LogP contribution < -0.4 is 0 Å². The van der Waals surface area contributed by atoms with Crippen LogP contribution in [0.15, 0.2) is 0 Å². The summed E-state index contributed by atoms with van der Waals surface area (Å²) in [5, 5.41) is 25.7. The molecule has 6 heteroatoms. The molecule has 0 atom stereocenters. The van der Waals surface area contributed by atoms with Gasteiger partial charge in [0.1, 0.15) is 0 Å². The van der Waals surface area contributed by atoms with Gasteiger partial charge in [0.25, 0.3) is 0 Å². The third-order valence-corrected chi connectivity index (χ3v) is 1.91. The van der Waals surface area contributed by atoms with Crippen LogP contribution in [-0.4, -0.2) is 36.8 Å². The molecule has 0 fully saturated rings. The van der Waals surface area contributed by atoms with Crippen LogP contribution in [0, 0.1) is 0 Å². The highest BCUT2D eigenvalue weighted by molar-refractivity contribution is 5.86. The van der Waals surface area contributed by atoms with Crippen molar-refractivity contribution >= 4 is 5.97 Å². The van der Waals surface area contributed by atoms with Gasteiger partial charge in [0.05, 0.1) is 17.8 Å². The maximum absolute atomic E-state index is 10.8. The Morgan fingerprint density at radius 1 is 1.53 bits per heavy atom. The van der Waals surface area contributed by atoms with Gasteiger partial charge in [-0.2, -0.15) is 0 Å². The number of carbonyl (C=O) groups is 1. The fraction of sp³-hybridized carbons (Fsp3) is 0.667. The van der Waals surface area contributed by atoms with Crippen LogP contribution >= 0.6 is 0 Å². The maximum atomic E-state index is 10.8. The highest BCUT2D eigenvalue weighted by Crippen LogP contribution is 2.11. The molecule has 0 radical (unpaired) electrons. The number of rotatable bonds is 4. The summed E-state index contributed by atoms with van der Waals surface area (Å²) >= 11 is 0. The van der Waals surface area contributed by atoms with Gasteiger partial charge in [-0.3, -0.25) is 0 Å². The summed E-state index contributed by atoms with van der Waals surface area (Å²) in [6.07, 6.45) is 0.519. The molecule has 1 rings (SSSR count). The summed E-state index contributed by atoms with van der Waals surface area (Å²) in [6, 6.07) is 0. The Balaban J connectivity index is 3.05. The lowest BCUT2D eigenvalue weighted by Gasteiger charge is -2.17. The number of aliphatic hydroxyl groups is 1. The van der Waals surface area contributed by atoms with Gasteiger partial charge >= 0.3 is 5.97 Å². The minimum Gasteiger partial charge on any atom is -0.476 e. The van der Waals surface area contributed by atoms with Gasteiger partial charge in [-0.15, -0.1) is 5.10 Å². The van der Waals surface area contributed by atoms with Gasteiger partial charge in [0.15, 0.2) is 5.69 Å². The van der Waals surface area contributed by atoms with Crippen molar-refractivity contribution in [2.24, 2.45) is 0 Å². The highest BCUT2D eigenvalue weighted by Gasteiger charge is 2.21. The fourth-order valence-electron chi connectivity index (χ4n) is 1.34. The molecule has 0 bridgehead atoms. The van der Waals surface area contributed by atoms with Crippen LogP contribution in [0.4, 0.5) is 0 Å². The van der Waals surface area contributed by atoms with E-state index in [1.807, 2.05) is 6.92 Å². The second-order valence-electron chi connectivity index (χ2n) is 4.01. The first-order valence-electron chi connectivity index (χ1n) is 4.73. The fourth-order valence-corrected chi connectivity index (χ4v) is 1.34. The molecule has 6 nitrogen and oxygen atoms in total. The Hall–Kier alpha value is -1.43. The van der Waals surface area contributed by atoms with Crippen molar-refractivity contribution in [1.29, 1.82) is 0 Å². The van der Waals surface area contributed by atoms with Gasteiger partial charge in [-0.05, 0) is 20.3 Å². The monoisotopic (exact) mass is 213 g/mol. The molecule has 0 aromatic carbocycles. The van der Waals surface area contributed by atoms with E-state index in [-0.39, 0.29) is 12.2 Å². The smallest absolute Gasteiger partial charge is 0.358 e. The molecule has 2 N–H and O–H groups in total. The van der Waals surface area contributed by atoms with Crippen molar-refractivity contribution < 1.29 is 15.0 Å². The summed E-state index contributed by atoms with van der Waals surface area (Å²) in [5.74, 6) is -1.09. The standard InChI is InChI=1S/C9H15N3O3/c1-4-6-7(8(13)14)10-11-12(6)5-9(2,3)15/h15H,4-5H2,1-3H3,(H,13,14). The van der Waals surface area contributed by atoms with E-state index in [0.717, 1.165) is 0 Å². The molecule has 1 aromatic rings. The molecule has 1 heterocycles. The Bertz CT molecular complexity index is 365. The largest absolute Gasteiger partial charge is 0.476 e. The van der Waals surface area contributed by atoms with Gasteiger partial charge in [-0.1, -0.05) is 12.1 Å². The van der Waals surface area contributed by atoms with Gasteiger partial charge in [0.2, 0.25) is 0 Å². The zero-order valence-corrected chi connectivity index (χ0v) is 9.06. The van der Waals surface area contributed by atoms with E-state index in [1.54, 1.807) is 13.8 Å². The van der Waals surface area contributed by atoms with Crippen molar-refractivity contribution in [3.8, 4) is 0 Å². The van der Waals surface area contributed by atoms with Crippen molar-refractivity contribution in [1.82, 2.24) is 15.0 Å². The molecule has 15 heavy (non-hydrogen) atoms. The van der Waals surface area contributed by atoms with E-state index in [9.17, 15) is 9.90 Å². The molecule has 1 aromatic heterocycles. The Labute approximate surface area is 87.5 Å². The normalized spacial score (nSPS) is 11.7. The quantitative estimate of drug-likeness (QED) is 0.751. The minimum atomic E-state index is -1.09. The van der Waals surface area contributed by atoms with E-state index in [0.29, 0.717) is 12.1 Å². The van der Waals surface area contributed by atoms with E-state index in [4.69, 9.17) is 5.11 Å². The van der Waals surface area contributed by atoms with Crippen LogP contribution in [0.5, 0.6) is 0 Å². The molecular formula is C9H15N3O3. The predicted molar refractivity (Wildman–Crippen MR) is 52.7 cm³/mol. The number of hydrogen-bond donors (Lipinski definition) is 2. The number of carboxylic acids is 1. The van der Waals surface area contributed by atoms with Gasteiger partial charge < -0.3 is 10.2 Å². The number of hydrogen-bond acceptors (Lipinski definition) is 4. The first-order chi connectivity index (χ1) is 6.85. The van der Waals surface area contributed by atoms with E-state index < -0.39 is 11.6 Å². The molecule has 0 spiro atoms. The Morgan fingerprint density at radius 3 is 2.53 bits per heavy atom. The van der Waals surface area contributed by atoms with Crippen LogP contribution in [-0.2, 0) is 13.0 Å². The predicted octanol–water partition coefficient (Wildman–Crippen LogP) is 0.310. The summed E-state index contributed by atoms with van der Waals surface area (Å²) in [7, 11) is 0. The summed E-state index contributed by atoms with van der Waals surface area (Å²) in [6.45, 7) is 5.32. The average Bonchev–Trinajstić information content (AvgIpc) is 2.44. The van der Waals surface area contributed by atoms with E-state index >= 15 is 0 Å². The Kier molecular flexibility index (Phi) is 3.09. The number of nitrogens with zero attached hydrogens (tertiary/aromatic N) is 3. The van der Waals surface area contributed by atoms with Crippen molar-refractivity contribution in [3.05, 3.63) is 11.4 Å². The molecule has 0 saturated heterocycles. The van der Waals surface area contributed by atoms with Crippen molar-refractivity contribution in [3.63, 3.8) is 0 Å². The second kappa shape index (κ2) is 3.98. The lowest BCUT2D eigenvalue weighted by Crippen LogP contribution is -2.28. The van der Waals surface area contributed by atoms with Crippen LogP contribution in [0.1, 0.15) is 37.0 Å². The highest BCUT2D eigenvalue weighted by atomic mass is 16.4. The molecule has 84 valence electrons. The van der Waals surface area contributed by atoms with Crippen LogP contribution in [0.25, 0.3) is 0 Å². The topological polar surface area (TPSA) is 88.2 Å². The zero-order chi connectivity index (χ0) is 11.6. The number of carboxylic acid groups (broad SMARTS) is 1. The molecule has 0 unspecified atom stereocenters. The number of aromatic nitrogens is 3. The summed E-state index contributed by atoms with van der Waals surface area (Å²) in [4.78, 5) is 10.8. The molecule has 0 aliphatic rings.